The number of alkyl halides is 1. The van der Waals surface area contributed by atoms with Crippen LogP contribution in [0.3, 0.4) is 0 Å². The molecule has 0 spiro atoms. The van der Waals surface area contributed by atoms with Gasteiger partial charge in [0, 0.05) is 21.7 Å². The van der Waals surface area contributed by atoms with Gasteiger partial charge in [-0.05, 0) is 24.3 Å². The molecule has 0 aliphatic carbocycles. The Morgan fingerprint density at radius 1 is 1.19 bits per heavy atom. The summed E-state index contributed by atoms with van der Waals surface area (Å²) < 4.78 is 5.61. The number of nitrogens with zero attached hydrogens (tertiary/aromatic N) is 1. The summed E-state index contributed by atoms with van der Waals surface area (Å²) in [4.78, 5) is 10.5. The third kappa shape index (κ3) is 3.79. The molecule has 21 heavy (non-hydrogen) atoms. The van der Waals surface area contributed by atoms with E-state index in [2.05, 4.69) is 0 Å². The second kappa shape index (κ2) is 6.98. The van der Waals surface area contributed by atoms with E-state index in [0.717, 1.165) is 0 Å². The fourth-order valence-electron chi connectivity index (χ4n) is 1.81. The zero-order chi connectivity index (χ0) is 15.4. The first-order valence-corrected chi connectivity index (χ1v) is 7.21. The SMILES string of the molecule is O=[N+]([O-])c1ccc(Cl)cc1COc1cccc(Cl)c1CCl. The molecule has 0 aliphatic rings. The first-order chi connectivity index (χ1) is 10.0. The normalized spacial score (nSPS) is 10.4. The van der Waals surface area contributed by atoms with Crippen molar-refractivity contribution < 1.29 is 9.66 Å². The molecule has 2 aromatic carbocycles. The summed E-state index contributed by atoms with van der Waals surface area (Å²) in [5.41, 5.74) is 0.979. The predicted octanol–water partition coefficient (Wildman–Crippen LogP) is 5.22. The maximum Gasteiger partial charge on any atom is 0.276 e. The molecule has 0 radical (unpaired) electrons. The molecule has 0 aromatic heterocycles. The van der Waals surface area contributed by atoms with Gasteiger partial charge in [-0.2, -0.15) is 0 Å². The van der Waals surface area contributed by atoms with E-state index in [-0.39, 0.29) is 18.2 Å². The second-order valence-electron chi connectivity index (χ2n) is 4.17. The summed E-state index contributed by atoms with van der Waals surface area (Å²) in [6.07, 6.45) is 0. The number of nitro benzene ring substituents is 1. The van der Waals surface area contributed by atoms with Crippen molar-refractivity contribution in [2.75, 3.05) is 0 Å². The van der Waals surface area contributed by atoms with Gasteiger partial charge in [-0.1, -0.05) is 29.3 Å². The Labute approximate surface area is 136 Å². The van der Waals surface area contributed by atoms with Gasteiger partial charge < -0.3 is 4.74 Å². The van der Waals surface area contributed by atoms with Gasteiger partial charge >= 0.3 is 0 Å². The number of nitro groups is 1. The van der Waals surface area contributed by atoms with Crippen LogP contribution in [0.2, 0.25) is 10.0 Å². The van der Waals surface area contributed by atoms with Crippen LogP contribution in [-0.4, -0.2) is 4.92 Å². The van der Waals surface area contributed by atoms with E-state index in [9.17, 15) is 10.1 Å². The highest BCUT2D eigenvalue weighted by Crippen LogP contribution is 2.30. The quantitative estimate of drug-likeness (QED) is 0.424. The third-order valence-electron chi connectivity index (χ3n) is 2.83. The van der Waals surface area contributed by atoms with Crippen molar-refractivity contribution in [1.82, 2.24) is 0 Å². The Morgan fingerprint density at radius 2 is 1.95 bits per heavy atom. The van der Waals surface area contributed by atoms with E-state index < -0.39 is 4.92 Å². The smallest absolute Gasteiger partial charge is 0.276 e. The third-order valence-corrected chi connectivity index (χ3v) is 3.69. The first-order valence-electron chi connectivity index (χ1n) is 5.92. The number of halogens is 3. The number of ether oxygens (including phenoxy) is 1. The molecule has 4 nitrogen and oxygen atoms in total. The van der Waals surface area contributed by atoms with Crippen molar-refractivity contribution in [2.24, 2.45) is 0 Å². The average Bonchev–Trinajstić information content (AvgIpc) is 2.44. The lowest BCUT2D eigenvalue weighted by Crippen LogP contribution is -2.02. The maximum absolute atomic E-state index is 11.0. The van der Waals surface area contributed by atoms with Gasteiger partial charge in [0.15, 0.2) is 0 Å². The zero-order valence-electron chi connectivity index (χ0n) is 10.7. The van der Waals surface area contributed by atoms with E-state index in [1.807, 2.05) is 0 Å². The van der Waals surface area contributed by atoms with E-state index in [1.54, 1.807) is 18.2 Å². The summed E-state index contributed by atoms with van der Waals surface area (Å²) in [6.45, 7) is 0.00110. The Hall–Kier alpha value is -1.49. The predicted molar refractivity (Wildman–Crippen MR) is 83.4 cm³/mol. The van der Waals surface area contributed by atoms with Crippen molar-refractivity contribution in [2.45, 2.75) is 12.5 Å². The van der Waals surface area contributed by atoms with Crippen LogP contribution in [-0.2, 0) is 12.5 Å². The molecule has 2 aromatic rings. The Kier molecular flexibility index (Phi) is 5.28. The number of hydrogen-bond donors (Lipinski definition) is 0. The van der Waals surface area contributed by atoms with Gasteiger partial charge in [-0.15, -0.1) is 11.6 Å². The largest absolute Gasteiger partial charge is 0.488 e. The molecule has 0 fully saturated rings. The fraction of sp³-hybridized carbons (Fsp3) is 0.143. The number of benzene rings is 2. The first kappa shape index (κ1) is 15.9. The van der Waals surface area contributed by atoms with Crippen LogP contribution in [0, 0.1) is 10.1 Å². The molecular formula is C14H10Cl3NO3. The summed E-state index contributed by atoms with van der Waals surface area (Å²) in [7, 11) is 0. The Bertz CT molecular complexity index is 677. The molecular weight excluding hydrogens is 337 g/mol. The van der Waals surface area contributed by atoms with Crippen molar-refractivity contribution in [3.63, 3.8) is 0 Å². The van der Waals surface area contributed by atoms with Gasteiger partial charge in [-0.3, -0.25) is 10.1 Å². The number of rotatable bonds is 5. The lowest BCUT2D eigenvalue weighted by molar-refractivity contribution is -0.385. The summed E-state index contributed by atoms with van der Waals surface area (Å²) in [5.74, 6) is 0.680. The summed E-state index contributed by atoms with van der Waals surface area (Å²) in [6, 6.07) is 9.45. The van der Waals surface area contributed by atoms with E-state index in [0.29, 0.717) is 26.9 Å². The molecule has 0 saturated carbocycles. The fourth-order valence-corrected chi connectivity index (χ4v) is 2.58. The molecule has 0 unspecified atom stereocenters. The molecule has 0 bridgehead atoms. The van der Waals surface area contributed by atoms with Gasteiger partial charge in [0.05, 0.1) is 16.4 Å². The van der Waals surface area contributed by atoms with Gasteiger partial charge in [0.25, 0.3) is 5.69 Å². The van der Waals surface area contributed by atoms with Crippen LogP contribution in [0.15, 0.2) is 36.4 Å². The summed E-state index contributed by atoms with van der Waals surface area (Å²) >= 11 is 17.7. The Morgan fingerprint density at radius 3 is 2.62 bits per heavy atom. The minimum absolute atomic E-state index is 0.00110. The van der Waals surface area contributed by atoms with E-state index in [1.165, 1.54) is 18.2 Å². The van der Waals surface area contributed by atoms with Gasteiger partial charge in [0.1, 0.15) is 12.4 Å². The minimum Gasteiger partial charge on any atom is -0.488 e. The number of hydrogen-bond acceptors (Lipinski definition) is 3. The lowest BCUT2D eigenvalue weighted by atomic mass is 10.2. The highest BCUT2D eigenvalue weighted by molar-refractivity contribution is 6.32. The zero-order valence-corrected chi connectivity index (χ0v) is 13.0. The maximum atomic E-state index is 11.0. The highest BCUT2D eigenvalue weighted by atomic mass is 35.5. The molecule has 0 saturated heterocycles. The van der Waals surface area contributed by atoms with Crippen molar-refractivity contribution in [3.05, 3.63) is 67.7 Å². The van der Waals surface area contributed by atoms with Crippen LogP contribution < -0.4 is 4.74 Å². The molecule has 0 N–H and O–H groups in total. The van der Waals surface area contributed by atoms with Crippen LogP contribution in [0.5, 0.6) is 5.75 Å². The van der Waals surface area contributed by atoms with E-state index in [4.69, 9.17) is 39.5 Å². The van der Waals surface area contributed by atoms with Crippen LogP contribution in [0.1, 0.15) is 11.1 Å². The Balaban J connectivity index is 2.26. The van der Waals surface area contributed by atoms with E-state index >= 15 is 0 Å². The monoisotopic (exact) mass is 345 g/mol. The van der Waals surface area contributed by atoms with Crippen LogP contribution >= 0.6 is 34.8 Å². The molecule has 0 heterocycles. The molecule has 0 aliphatic heterocycles. The van der Waals surface area contributed by atoms with Crippen molar-refractivity contribution >= 4 is 40.5 Å². The van der Waals surface area contributed by atoms with Gasteiger partial charge in [-0.25, -0.2) is 0 Å². The minimum atomic E-state index is -0.477. The molecule has 2 rings (SSSR count). The highest BCUT2D eigenvalue weighted by Gasteiger charge is 2.15. The van der Waals surface area contributed by atoms with Crippen molar-refractivity contribution in [1.29, 1.82) is 0 Å². The van der Waals surface area contributed by atoms with Gasteiger partial charge in [0.2, 0.25) is 0 Å². The topological polar surface area (TPSA) is 52.4 Å². The summed E-state index contributed by atoms with van der Waals surface area (Å²) in [5, 5.41) is 11.9. The molecule has 0 amide bonds. The lowest BCUT2D eigenvalue weighted by Gasteiger charge is -2.11. The van der Waals surface area contributed by atoms with Crippen molar-refractivity contribution in [3.8, 4) is 5.75 Å². The molecule has 0 atom stereocenters. The van der Waals surface area contributed by atoms with Crippen LogP contribution in [0.4, 0.5) is 5.69 Å². The van der Waals surface area contributed by atoms with Crippen LogP contribution in [0.25, 0.3) is 0 Å². The second-order valence-corrected chi connectivity index (χ2v) is 5.28. The molecule has 7 heteroatoms. The molecule has 110 valence electrons. The standard InChI is InChI=1S/C14H10Cl3NO3/c15-7-11-12(17)2-1-3-14(11)21-8-9-6-10(16)4-5-13(9)18(19)20/h1-6H,7-8H2. The average molecular weight is 347 g/mol.